The maximum Gasteiger partial charge on any atom is 0.252 e. The van der Waals surface area contributed by atoms with Gasteiger partial charge in [-0.2, -0.15) is 0 Å². The molecule has 0 unspecified atom stereocenters. The highest BCUT2D eigenvalue weighted by atomic mass is 35.5. The Hall–Kier alpha value is -1.02. The lowest BCUT2D eigenvalue weighted by molar-refractivity contribution is 0.0958. The first kappa shape index (κ1) is 7.62. The van der Waals surface area contributed by atoms with Gasteiger partial charge in [-0.25, -0.2) is 0 Å². The third kappa shape index (κ3) is 0.994. The van der Waals surface area contributed by atoms with Gasteiger partial charge in [-0.3, -0.25) is 4.79 Å². The van der Waals surface area contributed by atoms with E-state index in [1.165, 1.54) is 0 Å². The number of rotatable bonds is 0. The van der Waals surface area contributed by atoms with Crippen molar-refractivity contribution in [3.05, 3.63) is 34.3 Å². The Balaban J connectivity index is 2.60. The lowest BCUT2D eigenvalue weighted by Gasteiger charge is -2.01. The fraction of sp³-hybridized carbons (Fsp3) is 0.222. The van der Waals surface area contributed by atoms with E-state index < -0.39 is 0 Å². The second-order valence-electron chi connectivity index (χ2n) is 2.93. The van der Waals surface area contributed by atoms with Crippen LogP contribution < -0.4 is 5.32 Å². The molecule has 1 aromatic rings. The molecule has 62 valence electrons. The first-order chi connectivity index (χ1) is 5.68. The molecule has 1 amide bonds. The van der Waals surface area contributed by atoms with E-state index in [0.29, 0.717) is 10.6 Å². The summed E-state index contributed by atoms with van der Waals surface area (Å²) in [4.78, 5) is 11.3. The van der Waals surface area contributed by atoms with Crippen molar-refractivity contribution in [1.82, 2.24) is 5.32 Å². The lowest BCUT2D eigenvalue weighted by Crippen LogP contribution is -2.16. The molecule has 1 aliphatic rings. The van der Waals surface area contributed by atoms with E-state index in [0.717, 1.165) is 5.56 Å². The SMILES string of the molecule is C[C@H]1NC(=O)c2cc(Cl)ccc21. The van der Waals surface area contributed by atoms with Gasteiger partial charge in [0.1, 0.15) is 0 Å². The third-order valence-electron chi connectivity index (χ3n) is 2.07. The second-order valence-corrected chi connectivity index (χ2v) is 3.36. The van der Waals surface area contributed by atoms with E-state index in [1.54, 1.807) is 12.1 Å². The molecule has 1 N–H and O–H groups in total. The second kappa shape index (κ2) is 2.49. The Labute approximate surface area is 75.5 Å². The Bertz CT molecular complexity index is 348. The highest BCUT2D eigenvalue weighted by Crippen LogP contribution is 2.26. The van der Waals surface area contributed by atoms with Gasteiger partial charge in [-0.1, -0.05) is 17.7 Å². The average Bonchev–Trinajstić information content (AvgIpc) is 2.28. The Morgan fingerprint density at radius 3 is 3.00 bits per heavy atom. The van der Waals surface area contributed by atoms with E-state index in [-0.39, 0.29) is 11.9 Å². The largest absolute Gasteiger partial charge is 0.345 e. The molecule has 0 aliphatic carbocycles. The van der Waals surface area contributed by atoms with Crippen LogP contribution in [0.2, 0.25) is 5.02 Å². The van der Waals surface area contributed by atoms with Crippen LogP contribution in [0.15, 0.2) is 18.2 Å². The number of benzene rings is 1. The molecule has 3 heteroatoms. The Kier molecular flexibility index (Phi) is 1.58. The van der Waals surface area contributed by atoms with Crippen LogP contribution in [0.5, 0.6) is 0 Å². The molecular weight excluding hydrogens is 174 g/mol. The average molecular weight is 182 g/mol. The molecule has 0 saturated carbocycles. The van der Waals surface area contributed by atoms with Crippen molar-refractivity contribution in [1.29, 1.82) is 0 Å². The van der Waals surface area contributed by atoms with E-state index >= 15 is 0 Å². The minimum absolute atomic E-state index is 0.0278. The molecule has 12 heavy (non-hydrogen) atoms. The molecule has 2 nitrogen and oxygen atoms in total. The van der Waals surface area contributed by atoms with Crippen molar-refractivity contribution < 1.29 is 4.79 Å². The van der Waals surface area contributed by atoms with Gasteiger partial charge in [0.2, 0.25) is 0 Å². The summed E-state index contributed by atoms with van der Waals surface area (Å²) in [6.07, 6.45) is 0. The fourth-order valence-corrected chi connectivity index (χ4v) is 1.63. The number of amides is 1. The first-order valence-electron chi connectivity index (χ1n) is 3.79. The standard InChI is InChI=1S/C9H8ClNO/c1-5-7-3-2-6(10)4-8(7)9(12)11-5/h2-5H,1H3,(H,11,12)/t5-/m1/s1. The number of halogens is 1. The summed E-state index contributed by atoms with van der Waals surface area (Å²) in [7, 11) is 0. The molecule has 0 spiro atoms. The van der Waals surface area contributed by atoms with Crippen LogP contribution in [0.3, 0.4) is 0 Å². The molecule has 1 aromatic carbocycles. The topological polar surface area (TPSA) is 29.1 Å². The zero-order chi connectivity index (χ0) is 8.72. The summed E-state index contributed by atoms with van der Waals surface area (Å²) in [6.45, 7) is 1.96. The van der Waals surface area contributed by atoms with E-state index in [9.17, 15) is 4.79 Å². The van der Waals surface area contributed by atoms with Gasteiger partial charge in [-0.05, 0) is 24.6 Å². The molecule has 0 bridgehead atoms. The summed E-state index contributed by atoms with van der Waals surface area (Å²) in [5.41, 5.74) is 1.74. The smallest absolute Gasteiger partial charge is 0.252 e. The minimum Gasteiger partial charge on any atom is -0.345 e. The fourth-order valence-electron chi connectivity index (χ4n) is 1.45. The van der Waals surface area contributed by atoms with Gasteiger partial charge in [-0.15, -0.1) is 0 Å². The molecule has 1 atom stereocenters. The van der Waals surface area contributed by atoms with Crippen molar-refractivity contribution >= 4 is 17.5 Å². The molecule has 1 aliphatic heterocycles. The molecule has 0 aromatic heterocycles. The van der Waals surface area contributed by atoms with Crippen molar-refractivity contribution in [2.24, 2.45) is 0 Å². The predicted molar refractivity (Wildman–Crippen MR) is 47.3 cm³/mol. The number of hydrogen-bond acceptors (Lipinski definition) is 1. The van der Waals surface area contributed by atoms with Gasteiger partial charge in [0.15, 0.2) is 0 Å². The number of fused-ring (bicyclic) bond motifs is 1. The van der Waals surface area contributed by atoms with Gasteiger partial charge in [0.25, 0.3) is 5.91 Å². The van der Waals surface area contributed by atoms with Crippen molar-refractivity contribution in [2.75, 3.05) is 0 Å². The number of carbonyl (C=O) groups excluding carboxylic acids is 1. The highest BCUT2D eigenvalue weighted by molar-refractivity contribution is 6.31. The lowest BCUT2D eigenvalue weighted by atomic mass is 10.1. The van der Waals surface area contributed by atoms with Crippen LogP contribution >= 0.6 is 11.6 Å². The zero-order valence-corrected chi connectivity index (χ0v) is 7.35. The van der Waals surface area contributed by atoms with Crippen LogP contribution in [-0.2, 0) is 0 Å². The predicted octanol–water partition coefficient (Wildman–Crippen LogP) is 2.14. The first-order valence-corrected chi connectivity index (χ1v) is 4.16. The van der Waals surface area contributed by atoms with Gasteiger partial charge in [0, 0.05) is 10.6 Å². The summed E-state index contributed by atoms with van der Waals surface area (Å²) in [5.74, 6) is -0.0278. The molecule has 2 rings (SSSR count). The van der Waals surface area contributed by atoms with E-state index in [1.807, 2.05) is 13.0 Å². The van der Waals surface area contributed by atoms with Crippen molar-refractivity contribution in [3.8, 4) is 0 Å². The van der Waals surface area contributed by atoms with Gasteiger partial charge in [0.05, 0.1) is 6.04 Å². The van der Waals surface area contributed by atoms with Gasteiger partial charge >= 0.3 is 0 Å². The third-order valence-corrected chi connectivity index (χ3v) is 2.31. The molecule has 0 radical (unpaired) electrons. The minimum atomic E-state index is -0.0278. The molecule has 1 heterocycles. The normalized spacial score (nSPS) is 20.5. The molecule has 0 fully saturated rings. The quantitative estimate of drug-likeness (QED) is 0.653. The Morgan fingerprint density at radius 2 is 2.25 bits per heavy atom. The number of nitrogens with one attached hydrogen (secondary N) is 1. The summed E-state index contributed by atoms with van der Waals surface area (Å²) < 4.78 is 0. The summed E-state index contributed by atoms with van der Waals surface area (Å²) in [5, 5.41) is 3.42. The monoisotopic (exact) mass is 181 g/mol. The molecular formula is C9H8ClNO. The van der Waals surface area contributed by atoms with Crippen LogP contribution in [0.1, 0.15) is 28.9 Å². The maximum absolute atomic E-state index is 11.3. The maximum atomic E-state index is 11.3. The molecule has 0 saturated heterocycles. The summed E-state index contributed by atoms with van der Waals surface area (Å²) in [6, 6.07) is 5.51. The highest BCUT2D eigenvalue weighted by Gasteiger charge is 2.24. The number of hydrogen-bond donors (Lipinski definition) is 1. The van der Waals surface area contributed by atoms with E-state index in [2.05, 4.69) is 5.32 Å². The van der Waals surface area contributed by atoms with E-state index in [4.69, 9.17) is 11.6 Å². The van der Waals surface area contributed by atoms with Crippen LogP contribution in [0.4, 0.5) is 0 Å². The zero-order valence-electron chi connectivity index (χ0n) is 6.60. The summed E-state index contributed by atoms with van der Waals surface area (Å²) >= 11 is 5.76. The van der Waals surface area contributed by atoms with Crippen molar-refractivity contribution in [3.63, 3.8) is 0 Å². The van der Waals surface area contributed by atoms with Crippen LogP contribution in [0, 0.1) is 0 Å². The van der Waals surface area contributed by atoms with Crippen LogP contribution in [-0.4, -0.2) is 5.91 Å². The van der Waals surface area contributed by atoms with Crippen molar-refractivity contribution in [2.45, 2.75) is 13.0 Å². The van der Waals surface area contributed by atoms with Crippen LogP contribution in [0.25, 0.3) is 0 Å². The van der Waals surface area contributed by atoms with Gasteiger partial charge < -0.3 is 5.32 Å². The Morgan fingerprint density at radius 1 is 1.50 bits per heavy atom. The number of carbonyl (C=O) groups is 1.